The minimum Gasteiger partial charge on any atom is -0.460 e. The lowest BCUT2D eigenvalue weighted by Gasteiger charge is -2.31. The first-order valence-electron chi connectivity index (χ1n) is 20.7. The van der Waals surface area contributed by atoms with Crippen LogP contribution in [0.15, 0.2) is 59.1 Å². The van der Waals surface area contributed by atoms with Crippen molar-refractivity contribution in [2.75, 3.05) is 13.1 Å². The number of carbonyl (C=O) groups excluding carboxylic acids is 4. The number of rotatable bonds is 8. The molecule has 5 rings (SSSR count). The molecular formula is C47H61BrCl6N2O6. The fourth-order valence-corrected chi connectivity index (χ4v) is 8.57. The summed E-state index contributed by atoms with van der Waals surface area (Å²) in [6.07, 6.45) is 5.42. The van der Waals surface area contributed by atoms with E-state index in [2.05, 4.69) is 28.2 Å². The van der Waals surface area contributed by atoms with Crippen LogP contribution in [0.1, 0.15) is 136 Å². The van der Waals surface area contributed by atoms with Gasteiger partial charge in [0, 0.05) is 72.0 Å². The van der Waals surface area contributed by atoms with E-state index in [1.807, 2.05) is 46.8 Å². The molecule has 4 atom stereocenters. The largest absolute Gasteiger partial charge is 0.460 e. The van der Waals surface area contributed by atoms with Gasteiger partial charge >= 0.3 is 12.1 Å². The summed E-state index contributed by atoms with van der Waals surface area (Å²) >= 11 is 38.3. The van der Waals surface area contributed by atoms with Gasteiger partial charge in [0.15, 0.2) is 5.78 Å². The van der Waals surface area contributed by atoms with E-state index in [4.69, 9.17) is 79.1 Å². The molecule has 0 aromatic heterocycles. The highest BCUT2D eigenvalue weighted by molar-refractivity contribution is 9.10. The van der Waals surface area contributed by atoms with Gasteiger partial charge in [-0.1, -0.05) is 106 Å². The van der Waals surface area contributed by atoms with E-state index in [9.17, 15) is 19.2 Å². The second-order valence-electron chi connectivity index (χ2n) is 17.9. The van der Waals surface area contributed by atoms with Crippen LogP contribution in [0.25, 0.3) is 0 Å². The number of esters is 1. The fourth-order valence-electron chi connectivity index (χ4n) is 6.22. The third kappa shape index (κ3) is 23.7. The number of benzene rings is 3. The molecule has 344 valence electrons. The smallest absolute Gasteiger partial charge is 0.417 e. The van der Waals surface area contributed by atoms with Gasteiger partial charge < -0.3 is 14.8 Å². The van der Waals surface area contributed by atoms with Crippen molar-refractivity contribution in [2.45, 2.75) is 131 Å². The number of hydrogen-bond donors (Lipinski definition) is 1. The van der Waals surface area contributed by atoms with Crippen LogP contribution in [0, 0.1) is 17.8 Å². The summed E-state index contributed by atoms with van der Waals surface area (Å²) in [5, 5.41) is 7.17. The third-order valence-electron chi connectivity index (χ3n) is 9.35. The maximum Gasteiger partial charge on any atom is 0.417 e. The Morgan fingerprint density at radius 1 is 0.710 bits per heavy atom. The summed E-state index contributed by atoms with van der Waals surface area (Å²) < 4.78 is 11.3. The van der Waals surface area contributed by atoms with Gasteiger partial charge in [0.2, 0.25) is 5.91 Å². The van der Waals surface area contributed by atoms with Crippen LogP contribution in [-0.4, -0.2) is 52.9 Å². The number of amides is 2. The molecule has 0 aliphatic carbocycles. The standard InChI is InChI=1S/C18H24Cl2O3.C12H15Cl2N.C11H19NO3.C6H3BrCl2/c1-12(6-8-17(22)23-18(2,3)4)5-7-16(21)13-9-14(19)11-15(20)10-13;1-8-2-3-12(15-7-8)9-4-10(13)6-11(14)5-9;1-8-5-6-9(13)12(7-8)10(14)15-11(2,3)4;7-4-1-5(8)3-6(9)2-4/h9-12H,5-8H2,1-4H3;4-6,8,12,15H,2-3,7H2,1H3;8H,5-7H2,1-4H3;1-3H/t;8-,12+;;/m.1../s1. The van der Waals surface area contributed by atoms with Crippen molar-refractivity contribution in [3.8, 4) is 0 Å². The van der Waals surface area contributed by atoms with E-state index < -0.39 is 17.3 Å². The minimum absolute atomic E-state index is 0.0125. The van der Waals surface area contributed by atoms with Crippen molar-refractivity contribution >= 4 is 109 Å². The number of piperidine rings is 2. The van der Waals surface area contributed by atoms with Crippen LogP contribution in [0.2, 0.25) is 30.1 Å². The van der Waals surface area contributed by atoms with Gasteiger partial charge in [0.1, 0.15) is 11.2 Å². The molecule has 0 bridgehead atoms. The molecule has 1 N–H and O–H groups in total. The number of nitrogens with one attached hydrogen (secondary N) is 1. The van der Waals surface area contributed by atoms with Crippen LogP contribution in [0.3, 0.4) is 0 Å². The first-order valence-corrected chi connectivity index (χ1v) is 23.8. The second-order valence-corrected chi connectivity index (χ2v) is 21.4. The number of ketones is 1. The summed E-state index contributed by atoms with van der Waals surface area (Å²) in [5.74, 6) is 1.10. The molecule has 15 heteroatoms. The number of likely N-dealkylation sites (tertiary alicyclic amines) is 1. The second kappa shape index (κ2) is 26.8. The molecule has 2 heterocycles. The lowest BCUT2D eigenvalue weighted by atomic mass is 9.92. The van der Waals surface area contributed by atoms with Crippen molar-refractivity contribution < 1.29 is 28.7 Å². The van der Waals surface area contributed by atoms with Crippen molar-refractivity contribution in [1.29, 1.82) is 0 Å². The summed E-state index contributed by atoms with van der Waals surface area (Å²) in [4.78, 5) is 48.2. The highest BCUT2D eigenvalue weighted by Gasteiger charge is 2.31. The van der Waals surface area contributed by atoms with Crippen LogP contribution < -0.4 is 5.32 Å². The first kappa shape index (κ1) is 56.1. The van der Waals surface area contributed by atoms with Crippen molar-refractivity contribution in [2.24, 2.45) is 17.8 Å². The molecule has 2 unspecified atom stereocenters. The van der Waals surface area contributed by atoms with Gasteiger partial charge in [0.25, 0.3) is 0 Å². The summed E-state index contributed by atoms with van der Waals surface area (Å²) in [7, 11) is 0. The molecule has 62 heavy (non-hydrogen) atoms. The van der Waals surface area contributed by atoms with Gasteiger partial charge in [0.05, 0.1) is 0 Å². The van der Waals surface area contributed by atoms with Crippen molar-refractivity contribution in [3.63, 3.8) is 0 Å². The Morgan fingerprint density at radius 3 is 1.66 bits per heavy atom. The van der Waals surface area contributed by atoms with Gasteiger partial charge in [-0.2, -0.15) is 0 Å². The Morgan fingerprint density at radius 2 is 1.19 bits per heavy atom. The maximum absolute atomic E-state index is 12.2. The van der Waals surface area contributed by atoms with Crippen molar-refractivity contribution in [3.05, 3.63) is 100 Å². The zero-order valence-electron chi connectivity index (χ0n) is 37.1. The average Bonchev–Trinajstić information content (AvgIpc) is 3.12. The quantitative estimate of drug-likeness (QED) is 0.177. The zero-order chi connectivity index (χ0) is 46.9. The van der Waals surface area contributed by atoms with Gasteiger partial charge in [-0.15, -0.1) is 0 Å². The SMILES string of the molecule is CC(CCC(=O)OC(C)(C)C)CCC(=O)c1cc(Cl)cc(Cl)c1.CC1CCC(=O)N(C(=O)OC(C)(C)C)C1.C[C@@H]1CC[C@@H](c2cc(Cl)cc(Cl)c2)NC1.Clc1cc(Cl)cc(Br)c1. The Labute approximate surface area is 407 Å². The third-order valence-corrected chi connectivity index (χ3v) is 11.1. The number of Topliss-reactive ketones (excluding diaryl/α,β-unsaturated/α-hetero) is 1. The predicted molar refractivity (Wildman–Crippen MR) is 260 cm³/mol. The Bertz CT molecular complexity index is 1850. The number of ether oxygens (including phenoxy) is 2. The topological polar surface area (TPSA) is 102 Å². The number of hydrogen-bond acceptors (Lipinski definition) is 7. The van der Waals surface area contributed by atoms with Crippen LogP contribution >= 0.6 is 85.5 Å². The Kier molecular flexibility index (Phi) is 24.2. The zero-order valence-corrected chi connectivity index (χ0v) is 43.2. The van der Waals surface area contributed by atoms with Crippen LogP contribution in [0.5, 0.6) is 0 Å². The molecule has 0 radical (unpaired) electrons. The van der Waals surface area contributed by atoms with Gasteiger partial charge in [-0.25, -0.2) is 9.69 Å². The van der Waals surface area contributed by atoms with E-state index in [-0.39, 0.29) is 23.6 Å². The predicted octanol–water partition coefficient (Wildman–Crippen LogP) is 15.7. The molecule has 2 saturated heterocycles. The summed E-state index contributed by atoms with van der Waals surface area (Å²) in [5.41, 5.74) is 0.737. The number of halogens is 7. The molecule has 3 aromatic rings. The number of imide groups is 1. The molecule has 3 aromatic carbocycles. The molecule has 2 amide bonds. The monoisotopic (exact) mass is 1040 g/mol. The van der Waals surface area contributed by atoms with Crippen LogP contribution in [0.4, 0.5) is 4.79 Å². The fraction of sp³-hybridized carbons (Fsp3) is 0.532. The molecule has 0 saturated carbocycles. The molecule has 8 nitrogen and oxygen atoms in total. The number of carbonyl (C=O) groups is 4. The molecular weight excluding hydrogens is 981 g/mol. The molecule has 0 spiro atoms. The Balaban J connectivity index is 0.000000298. The lowest BCUT2D eigenvalue weighted by molar-refractivity contribution is -0.155. The molecule has 2 fully saturated rings. The first-order chi connectivity index (χ1) is 28.7. The van der Waals surface area contributed by atoms with E-state index in [1.54, 1.807) is 63.2 Å². The average molecular weight is 1040 g/mol. The maximum atomic E-state index is 12.2. The van der Waals surface area contributed by atoms with Crippen molar-refractivity contribution in [1.82, 2.24) is 10.2 Å². The van der Waals surface area contributed by atoms with E-state index in [0.29, 0.717) is 76.3 Å². The highest BCUT2D eigenvalue weighted by Crippen LogP contribution is 2.30. The minimum atomic E-state index is -0.544. The lowest BCUT2D eigenvalue weighted by Crippen LogP contribution is -2.45. The van der Waals surface area contributed by atoms with E-state index >= 15 is 0 Å². The molecule has 2 aliphatic heterocycles. The summed E-state index contributed by atoms with van der Waals surface area (Å²) in [6, 6.07) is 16.3. The van der Waals surface area contributed by atoms with Crippen LogP contribution in [-0.2, 0) is 19.1 Å². The highest BCUT2D eigenvalue weighted by atomic mass is 79.9. The van der Waals surface area contributed by atoms with Gasteiger partial charge in [-0.05, 0) is 158 Å². The Hall–Kier alpha value is -2.08. The number of nitrogens with zero attached hydrogens (tertiary/aromatic N) is 1. The van der Waals surface area contributed by atoms with Gasteiger partial charge in [-0.3, -0.25) is 14.4 Å². The molecule has 2 aliphatic rings. The van der Waals surface area contributed by atoms with E-state index in [1.165, 1.54) is 16.9 Å². The van der Waals surface area contributed by atoms with E-state index in [0.717, 1.165) is 39.8 Å². The summed E-state index contributed by atoms with van der Waals surface area (Å²) in [6.45, 7) is 18.8. The normalized spacial score (nSPS) is 18.1.